The zero-order valence-electron chi connectivity index (χ0n) is 7.82. The molecule has 3 nitrogen and oxygen atoms in total. The Balaban J connectivity index is 2.31. The number of hydrogen-bond donors (Lipinski definition) is 0. The van der Waals surface area contributed by atoms with Gasteiger partial charge in [-0.2, -0.15) is 0 Å². The number of aromatic nitrogens is 2. The smallest absolute Gasteiger partial charge is 0.257 e. The number of nitrogens with zero attached hydrogens (tertiary/aromatic N) is 2. The number of hydrogen-bond acceptors (Lipinski definition) is 3. The highest BCUT2D eigenvalue weighted by atomic mass is 35.5. The molecule has 0 saturated heterocycles. The van der Waals surface area contributed by atoms with E-state index < -0.39 is 11.6 Å². The summed E-state index contributed by atoms with van der Waals surface area (Å²) in [6.45, 7) is 0. The largest absolute Gasteiger partial charge is 0.433 e. The lowest BCUT2D eigenvalue weighted by molar-refractivity contribution is 0.422. The summed E-state index contributed by atoms with van der Waals surface area (Å²) >= 11 is 5.66. The SMILES string of the molecule is Fc1ccc(Oc2nccnc2Cl)c(F)c1. The van der Waals surface area contributed by atoms with E-state index in [2.05, 4.69) is 9.97 Å². The molecule has 6 heteroatoms. The van der Waals surface area contributed by atoms with Gasteiger partial charge >= 0.3 is 0 Å². The summed E-state index contributed by atoms with van der Waals surface area (Å²) in [6, 6.07) is 2.93. The first-order chi connectivity index (χ1) is 7.66. The monoisotopic (exact) mass is 242 g/mol. The minimum Gasteiger partial charge on any atom is -0.433 e. The van der Waals surface area contributed by atoms with E-state index in [-0.39, 0.29) is 16.8 Å². The van der Waals surface area contributed by atoms with Gasteiger partial charge in [0.2, 0.25) is 0 Å². The lowest BCUT2D eigenvalue weighted by atomic mass is 10.3. The molecule has 0 fully saturated rings. The molecule has 0 saturated carbocycles. The molecule has 0 bridgehead atoms. The van der Waals surface area contributed by atoms with Crippen LogP contribution in [0.1, 0.15) is 0 Å². The highest BCUT2D eigenvalue weighted by molar-refractivity contribution is 6.30. The predicted octanol–water partition coefficient (Wildman–Crippen LogP) is 3.20. The molecule has 0 aliphatic rings. The van der Waals surface area contributed by atoms with Crippen molar-refractivity contribution in [3.63, 3.8) is 0 Å². The normalized spacial score (nSPS) is 10.2. The number of benzene rings is 1. The molecule has 0 N–H and O–H groups in total. The topological polar surface area (TPSA) is 35.0 Å². The molecule has 0 atom stereocenters. The van der Waals surface area contributed by atoms with E-state index in [1.807, 2.05) is 0 Å². The number of ether oxygens (including phenoxy) is 1. The maximum absolute atomic E-state index is 13.2. The standard InChI is InChI=1S/C10H5ClF2N2O/c11-9-10(15-4-3-14-9)16-8-2-1-6(12)5-7(8)13/h1-5H. The third-order valence-electron chi connectivity index (χ3n) is 1.72. The molecule has 0 amide bonds. The van der Waals surface area contributed by atoms with Gasteiger partial charge in [-0.3, -0.25) is 0 Å². The van der Waals surface area contributed by atoms with E-state index in [1.54, 1.807) is 0 Å². The van der Waals surface area contributed by atoms with Crippen molar-refractivity contribution in [2.75, 3.05) is 0 Å². The van der Waals surface area contributed by atoms with Crippen LogP contribution in [0.5, 0.6) is 11.6 Å². The fraction of sp³-hybridized carbons (Fsp3) is 0. The van der Waals surface area contributed by atoms with Gasteiger partial charge in [-0.25, -0.2) is 18.7 Å². The summed E-state index contributed by atoms with van der Waals surface area (Å²) in [5, 5.41) is 0.00576. The molecule has 2 rings (SSSR count). The summed E-state index contributed by atoms with van der Waals surface area (Å²) in [4.78, 5) is 7.46. The van der Waals surface area contributed by atoms with Gasteiger partial charge in [0.15, 0.2) is 16.7 Å². The van der Waals surface area contributed by atoms with Crippen LogP contribution in [0.25, 0.3) is 0 Å². The second-order valence-electron chi connectivity index (χ2n) is 2.83. The third-order valence-corrected chi connectivity index (χ3v) is 1.98. The van der Waals surface area contributed by atoms with E-state index in [0.717, 1.165) is 12.1 Å². The summed E-state index contributed by atoms with van der Waals surface area (Å²) in [5.74, 6) is -1.71. The first-order valence-corrected chi connectivity index (χ1v) is 4.64. The lowest BCUT2D eigenvalue weighted by Crippen LogP contribution is -1.93. The molecule has 0 spiro atoms. The second kappa shape index (κ2) is 4.40. The Morgan fingerprint density at radius 3 is 2.56 bits per heavy atom. The van der Waals surface area contributed by atoms with Crippen LogP contribution in [-0.2, 0) is 0 Å². The van der Waals surface area contributed by atoms with Crippen molar-refractivity contribution in [2.24, 2.45) is 0 Å². The number of halogens is 3. The Hall–Kier alpha value is -1.75. The van der Waals surface area contributed by atoms with E-state index in [1.165, 1.54) is 12.4 Å². The zero-order valence-corrected chi connectivity index (χ0v) is 8.58. The summed E-state index contributed by atoms with van der Waals surface area (Å²) in [5.41, 5.74) is 0. The Morgan fingerprint density at radius 2 is 1.88 bits per heavy atom. The third kappa shape index (κ3) is 2.25. The zero-order chi connectivity index (χ0) is 11.5. The Kier molecular flexibility index (Phi) is 2.96. The van der Waals surface area contributed by atoms with Crippen LogP contribution in [0, 0.1) is 11.6 Å². The molecule has 82 valence electrons. The predicted molar refractivity (Wildman–Crippen MR) is 53.5 cm³/mol. The average molecular weight is 243 g/mol. The highest BCUT2D eigenvalue weighted by Crippen LogP contribution is 2.27. The van der Waals surface area contributed by atoms with Crippen LogP contribution in [-0.4, -0.2) is 9.97 Å². The number of rotatable bonds is 2. The van der Waals surface area contributed by atoms with Crippen molar-refractivity contribution < 1.29 is 13.5 Å². The van der Waals surface area contributed by atoms with Gasteiger partial charge in [0.05, 0.1) is 0 Å². The summed E-state index contributed by atoms with van der Waals surface area (Å²) < 4.78 is 30.9. The second-order valence-corrected chi connectivity index (χ2v) is 3.19. The van der Waals surface area contributed by atoms with Crippen molar-refractivity contribution in [3.05, 3.63) is 47.4 Å². The van der Waals surface area contributed by atoms with Gasteiger partial charge < -0.3 is 4.74 Å². The first-order valence-electron chi connectivity index (χ1n) is 4.26. The van der Waals surface area contributed by atoms with E-state index in [9.17, 15) is 8.78 Å². The van der Waals surface area contributed by atoms with E-state index in [4.69, 9.17) is 16.3 Å². The van der Waals surface area contributed by atoms with Crippen LogP contribution in [0.2, 0.25) is 5.15 Å². The first kappa shape index (κ1) is 10.8. The Labute approximate surface area is 94.7 Å². The van der Waals surface area contributed by atoms with Gasteiger partial charge in [0.25, 0.3) is 5.88 Å². The van der Waals surface area contributed by atoms with Crippen molar-refractivity contribution in [2.45, 2.75) is 0 Å². The molecular weight excluding hydrogens is 238 g/mol. The molecule has 0 radical (unpaired) electrons. The fourth-order valence-corrected chi connectivity index (χ4v) is 1.18. The van der Waals surface area contributed by atoms with Crippen LogP contribution in [0.4, 0.5) is 8.78 Å². The molecule has 0 aliphatic carbocycles. The van der Waals surface area contributed by atoms with Gasteiger partial charge in [0, 0.05) is 18.5 Å². The molecule has 1 aromatic carbocycles. The molecular formula is C10H5ClF2N2O. The van der Waals surface area contributed by atoms with Crippen molar-refractivity contribution in [3.8, 4) is 11.6 Å². The van der Waals surface area contributed by atoms with Gasteiger partial charge in [-0.05, 0) is 12.1 Å². The van der Waals surface area contributed by atoms with E-state index >= 15 is 0 Å². The van der Waals surface area contributed by atoms with Crippen LogP contribution < -0.4 is 4.74 Å². The maximum atomic E-state index is 13.2. The van der Waals surface area contributed by atoms with Crippen molar-refractivity contribution in [1.29, 1.82) is 0 Å². The summed E-state index contributed by atoms with van der Waals surface area (Å²) in [7, 11) is 0. The van der Waals surface area contributed by atoms with E-state index in [0.29, 0.717) is 6.07 Å². The Morgan fingerprint density at radius 1 is 1.12 bits per heavy atom. The molecule has 0 aliphatic heterocycles. The van der Waals surface area contributed by atoms with Gasteiger partial charge in [-0.15, -0.1) is 0 Å². The average Bonchev–Trinajstić information content (AvgIpc) is 2.25. The van der Waals surface area contributed by atoms with Crippen LogP contribution >= 0.6 is 11.6 Å². The minimum absolute atomic E-state index is 0.00576. The van der Waals surface area contributed by atoms with Crippen LogP contribution in [0.15, 0.2) is 30.6 Å². The van der Waals surface area contributed by atoms with Gasteiger partial charge in [0.1, 0.15) is 5.82 Å². The maximum Gasteiger partial charge on any atom is 0.257 e. The lowest BCUT2D eigenvalue weighted by Gasteiger charge is -2.05. The van der Waals surface area contributed by atoms with Crippen molar-refractivity contribution in [1.82, 2.24) is 9.97 Å². The quantitative estimate of drug-likeness (QED) is 0.811. The fourth-order valence-electron chi connectivity index (χ4n) is 1.04. The molecule has 1 heterocycles. The van der Waals surface area contributed by atoms with Crippen LogP contribution in [0.3, 0.4) is 0 Å². The highest BCUT2D eigenvalue weighted by Gasteiger charge is 2.09. The minimum atomic E-state index is -0.832. The Bertz CT molecular complexity index is 522. The molecule has 16 heavy (non-hydrogen) atoms. The molecule has 1 aromatic heterocycles. The molecule has 2 aromatic rings. The van der Waals surface area contributed by atoms with Gasteiger partial charge in [-0.1, -0.05) is 11.6 Å². The summed E-state index contributed by atoms with van der Waals surface area (Å²) in [6.07, 6.45) is 2.72. The molecule has 0 unspecified atom stereocenters. The van der Waals surface area contributed by atoms with Crippen molar-refractivity contribution >= 4 is 11.6 Å².